The van der Waals surface area contributed by atoms with E-state index in [4.69, 9.17) is 17.3 Å². The molecule has 0 spiro atoms. The third-order valence-corrected chi connectivity index (χ3v) is 5.17. The van der Waals surface area contributed by atoms with E-state index in [0.29, 0.717) is 6.54 Å². The van der Waals surface area contributed by atoms with Crippen LogP contribution in [-0.4, -0.2) is 11.9 Å². The summed E-state index contributed by atoms with van der Waals surface area (Å²) in [7, 11) is 2.13. The van der Waals surface area contributed by atoms with Gasteiger partial charge in [0, 0.05) is 33.9 Å². The quantitative estimate of drug-likeness (QED) is 0.889. The summed E-state index contributed by atoms with van der Waals surface area (Å²) < 4.78 is 0. The number of thiophene rings is 1. The van der Waals surface area contributed by atoms with Crippen molar-refractivity contribution in [1.82, 2.24) is 4.90 Å². The number of hydrogen-bond acceptors (Lipinski definition) is 3. The first-order chi connectivity index (χ1) is 9.52. The third kappa shape index (κ3) is 3.41. The van der Waals surface area contributed by atoms with Gasteiger partial charge in [-0.3, -0.25) is 4.90 Å². The molecular weight excluding hydrogens is 288 g/mol. The maximum absolute atomic E-state index is 6.28. The minimum atomic E-state index is 0.282. The zero-order valence-corrected chi connectivity index (χ0v) is 13.8. The molecule has 1 atom stereocenters. The first kappa shape index (κ1) is 15.5. The zero-order chi connectivity index (χ0) is 14.7. The van der Waals surface area contributed by atoms with Gasteiger partial charge in [0.2, 0.25) is 0 Å². The average molecular weight is 309 g/mol. The Morgan fingerprint density at radius 1 is 1.35 bits per heavy atom. The molecule has 108 valence electrons. The number of hydrogen-bond donors (Lipinski definition) is 1. The van der Waals surface area contributed by atoms with Gasteiger partial charge in [-0.05, 0) is 44.2 Å². The largest absolute Gasteiger partial charge is 0.326 e. The Bertz CT molecular complexity index is 580. The molecule has 1 aromatic carbocycles. The van der Waals surface area contributed by atoms with Gasteiger partial charge < -0.3 is 5.73 Å². The summed E-state index contributed by atoms with van der Waals surface area (Å²) in [6, 6.07) is 10.5. The van der Waals surface area contributed by atoms with Crippen molar-refractivity contribution in [2.75, 3.05) is 7.05 Å². The molecule has 2 N–H and O–H groups in total. The van der Waals surface area contributed by atoms with Crippen LogP contribution in [0.3, 0.4) is 0 Å². The van der Waals surface area contributed by atoms with Crippen LogP contribution in [-0.2, 0) is 13.1 Å². The molecule has 20 heavy (non-hydrogen) atoms. The van der Waals surface area contributed by atoms with E-state index < -0.39 is 0 Å². The fourth-order valence-corrected chi connectivity index (χ4v) is 3.53. The molecule has 4 heteroatoms. The summed E-state index contributed by atoms with van der Waals surface area (Å²) in [4.78, 5) is 4.91. The lowest BCUT2D eigenvalue weighted by molar-refractivity contribution is 0.253. The molecule has 0 aliphatic rings. The summed E-state index contributed by atoms with van der Waals surface area (Å²) in [6.45, 7) is 5.88. The van der Waals surface area contributed by atoms with E-state index in [9.17, 15) is 0 Å². The summed E-state index contributed by atoms with van der Waals surface area (Å²) in [6.07, 6.45) is 0. The number of benzene rings is 1. The highest BCUT2D eigenvalue weighted by Crippen LogP contribution is 2.29. The zero-order valence-electron chi connectivity index (χ0n) is 12.2. The van der Waals surface area contributed by atoms with Crippen LogP contribution in [0.5, 0.6) is 0 Å². The second-order valence-electron chi connectivity index (χ2n) is 5.11. The summed E-state index contributed by atoms with van der Waals surface area (Å²) in [5, 5.41) is 0.830. The van der Waals surface area contributed by atoms with Gasteiger partial charge >= 0.3 is 0 Å². The standard InChI is InChI=1S/C16H21ClN2S/c1-11(15-6-4-5-7-16(15)17)19(3)10-13-8-14(9-18)20-12(13)2/h4-8,11H,9-10,18H2,1-3H3. The Morgan fingerprint density at radius 3 is 2.65 bits per heavy atom. The summed E-state index contributed by atoms with van der Waals surface area (Å²) in [5.41, 5.74) is 8.24. The summed E-state index contributed by atoms with van der Waals surface area (Å²) >= 11 is 8.07. The molecule has 0 fully saturated rings. The van der Waals surface area contributed by atoms with Gasteiger partial charge in [-0.1, -0.05) is 29.8 Å². The molecular formula is C16H21ClN2S. The predicted octanol–water partition coefficient (Wildman–Crippen LogP) is 4.36. The minimum absolute atomic E-state index is 0.282. The number of rotatable bonds is 5. The molecule has 0 saturated carbocycles. The van der Waals surface area contributed by atoms with Gasteiger partial charge in [-0.25, -0.2) is 0 Å². The van der Waals surface area contributed by atoms with Crippen molar-refractivity contribution >= 4 is 22.9 Å². The fraction of sp³-hybridized carbons (Fsp3) is 0.375. The van der Waals surface area contributed by atoms with Crippen LogP contribution in [0, 0.1) is 6.92 Å². The van der Waals surface area contributed by atoms with Gasteiger partial charge in [-0.15, -0.1) is 11.3 Å². The van der Waals surface area contributed by atoms with E-state index in [1.165, 1.54) is 20.9 Å². The average Bonchev–Trinajstić information content (AvgIpc) is 2.79. The lowest BCUT2D eigenvalue weighted by Crippen LogP contribution is -2.22. The van der Waals surface area contributed by atoms with E-state index >= 15 is 0 Å². The highest BCUT2D eigenvalue weighted by atomic mass is 35.5. The Labute approximate surface area is 130 Å². The molecule has 2 nitrogen and oxygen atoms in total. The van der Waals surface area contributed by atoms with E-state index in [0.717, 1.165) is 11.6 Å². The minimum Gasteiger partial charge on any atom is -0.326 e. The van der Waals surface area contributed by atoms with E-state index in [-0.39, 0.29) is 6.04 Å². The second-order valence-corrected chi connectivity index (χ2v) is 6.86. The highest BCUT2D eigenvalue weighted by Gasteiger charge is 2.16. The van der Waals surface area contributed by atoms with Crippen molar-refractivity contribution in [3.8, 4) is 0 Å². The van der Waals surface area contributed by atoms with Crippen molar-refractivity contribution < 1.29 is 0 Å². The van der Waals surface area contributed by atoms with Crippen molar-refractivity contribution in [3.05, 3.63) is 56.2 Å². The fourth-order valence-electron chi connectivity index (χ4n) is 2.30. The van der Waals surface area contributed by atoms with E-state index in [1.54, 1.807) is 11.3 Å². The Morgan fingerprint density at radius 2 is 2.05 bits per heavy atom. The number of aryl methyl sites for hydroxylation is 1. The third-order valence-electron chi connectivity index (χ3n) is 3.71. The van der Waals surface area contributed by atoms with Crippen molar-refractivity contribution in [3.63, 3.8) is 0 Å². The molecule has 0 saturated heterocycles. The van der Waals surface area contributed by atoms with Crippen molar-refractivity contribution in [2.45, 2.75) is 33.0 Å². The smallest absolute Gasteiger partial charge is 0.0453 e. The first-order valence-electron chi connectivity index (χ1n) is 6.75. The monoisotopic (exact) mass is 308 g/mol. The van der Waals surface area contributed by atoms with Crippen LogP contribution in [0.15, 0.2) is 30.3 Å². The van der Waals surface area contributed by atoms with Gasteiger partial charge in [0.25, 0.3) is 0 Å². The molecule has 2 aromatic rings. The number of nitrogens with two attached hydrogens (primary N) is 1. The van der Waals surface area contributed by atoms with Crippen molar-refractivity contribution in [1.29, 1.82) is 0 Å². The molecule has 1 heterocycles. The Balaban J connectivity index is 2.13. The van der Waals surface area contributed by atoms with Crippen LogP contribution in [0.25, 0.3) is 0 Å². The van der Waals surface area contributed by atoms with Gasteiger partial charge in [0.1, 0.15) is 0 Å². The molecule has 0 radical (unpaired) electrons. The van der Waals surface area contributed by atoms with Gasteiger partial charge in [-0.2, -0.15) is 0 Å². The summed E-state index contributed by atoms with van der Waals surface area (Å²) in [5.74, 6) is 0. The maximum Gasteiger partial charge on any atom is 0.0453 e. The van der Waals surface area contributed by atoms with Gasteiger partial charge in [0.05, 0.1) is 0 Å². The molecule has 1 aromatic heterocycles. The molecule has 0 amide bonds. The lowest BCUT2D eigenvalue weighted by atomic mass is 10.1. The molecule has 0 bridgehead atoms. The van der Waals surface area contributed by atoms with Crippen LogP contribution in [0.4, 0.5) is 0 Å². The number of nitrogens with zero attached hydrogens (tertiary/aromatic N) is 1. The molecule has 0 aliphatic carbocycles. The first-order valence-corrected chi connectivity index (χ1v) is 7.95. The van der Waals surface area contributed by atoms with E-state index in [2.05, 4.69) is 37.9 Å². The normalized spacial score (nSPS) is 12.9. The van der Waals surface area contributed by atoms with Crippen LogP contribution < -0.4 is 5.73 Å². The Kier molecular flexibility index (Phi) is 5.22. The SMILES string of the molecule is Cc1sc(CN)cc1CN(C)C(C)c1ccccc1Cl. The lowest BCUT2D eigenvalue weighted by Gasteiger charge is -2.25. The highest BCUT2D eigenvalue weighted by molar-refractivity contribution is 7.12. The van der Waals surface area contributed by atoms with E-state index in [1.807, 2.05) is 18.2 Å². The van der Waals surface area contributed by atoms with Crippen LogP contribution >= 0.6 is 22.9 Å². The molecule has 0 aliphatic heterocycles. The van der Waals surface area contributed by atoms with Crippen LogP contribution in [0.2, 0.25) is 5.02 Å². The topological polar surface area (TPSA) is 29.3 Å². The van der Waals surface area contributed by atoms with Crippen LogP contribution in [0.1, 0.15) is 33.8 Å². The predicted molar refractivity (Wildman–Crippen MR) is 88.3 cm³/mol. The van der Waals surface area contributed by atoms with Crippen molar-refractivity contribution in [2.24, 2.45) is 5.73 Å². The van der Waals surface area contributed by atoms with Gasteiger partial charge in [0.15, 0.2) is 0 Å². The molecule has 1 unspecified atom stereocenters. The molecule has 2 rings (SSSR count). The maximum atomic E-state index is 6.28. The second kappa shape index (κ2) is 6.72. The number of halogens is 1. The Hall–Kier alpha value is -0.870.